The number of carbonyl (C=O) groups is 1. The molecule has 206 valence electrons. The van der Waals surface area contributed by atoms with Gasteiger partial charge in [-0.1, -0.05) is 82.4 Å². The van der Waals surface area contributed by atoms with Gasteiger partial charge in [0.2, 0.25) is 0 Å². The molecule has 1 heterocycles. The molecule has 0 radical (unpaired) electrons. The number of quaternary nitrogens is 1. The summed E-state index contributed by atoms with van der Waals surface area (Å²) in [7, 11) is 1.70. The van der Waals surface area contributed by atoms with Crippen LogP contribution in [0.1, 0.15) is 103 Å². The average Bonchev–Trinajstić information content (AvgIpc) is 2.87. The summed E-state index contributed by atoms with van der Waals surface area (Å²) in [6, 6.07) is 8.30. The van der Waals surface area contributed by atoms with Gasteiger partial charge in [-0.05, 0) is 62.8 Å². The van der Waals surface area contributed by atoms with Gasteiger partial charge in [0.25, 0.3) is 0 Å². The van der Waals surface area contributed by atoms with E-state index >= 15 is 0 Å². The largest absolute Gasteiger partial charge is 1.00 e. The smallest absolute Gasteiger partial charge is 0.361 e. The molecule has 2 rings (SSSR count). The normalized spacial score (nSPS) is 15.2. The zero-order valence-electron chi connectivity index (χ0n) is 23.4. The quantitative estimate of drug-likeness (QED) is 0.122. The van der Waals surface area contributed by atoms with Gasteiger partial charge in [0.1, 0.15) is 5.75 Å². The second kappa shape index (κ2) is 19.6. The van der Waals surface area contributed by atoms with E-state index in [1.54, 1.807) is 7.11 Å². The SMILES string of the molecule is CCCCCCCCCCCCOC(=O)C[N+]1(C/C=C(\C)Cc2ccc(OC)cc2)CCCCC1.[Cl-]. The predicted molar refractivity (Wildman–Crippen MR) is 147 cm³/mol. The summed E-state index contributed by atoms with van der Waals surface area (Å²) < 4.78 is 11.8. The lowest BCUT2D eigenvalue weighted by atomic mass is 10.0. The first-order valence-corrected chi connectivity index (χ1v) is 14.4. The molecule has 1 aliphatic rings. The van der Waals surface area contributed by atoms with Crippen LogP contribution in [0.3, 0.4) is 0 Å². The lowest BCUT2D eigenvalue weighted by Crippen LogP contribution is -3.00. The van der Waals surface area contributed by atoms with Gasteiger partial charge < -0.3 is 26.4 Å². The van der Waals surface area contributed by atoms with Crippen molar-refractivity contribution >= 4 is 5.97 Å². The van der Waals surface area contributed by atoms with Crippen molar-refractivity contribution in [3.8, 4) is 5.75 Å². The van der Waals surface area contributed by atoms with Crippen molar-refractivity contribution in [2.45, 2.75) is 104 Å². The number of esters is 1. The van der Waals surface area contributed by atoms with E-state index in [4.69, 9.17) is 9.47 Å². The minimum absolute atomic E-state index is 0. The molecule has 0 bridgehead atoms. The van der Waals surface area contributed by atoms with Crippen LogP contribution in [0.2, 0.25) is 0 Å². The van der Waals surface area contributed by atoms with E-state index < -0.39 is 0 Å². The second-order valence-electron chi connectivity index (χ2n) is 10.7. The zero-order chi connectivity index (χ0) is 25.2. The molecule has 1 aromatic carbocycles. The van der Waals surface area contributed by atoms with Crippen LogP contribution in [0.15, 0.2) is 35.9 Å². The topological polar surface area (TPSA) is 35.5 Å². The molecule has 0 atom stereocenters. The monoisotopic (exact) mass is 521 g/mol. The fourth-order valence-electron chi connectivity index (χ4n) is 5.17. The molecule has 1 saturated heterocycles. The predicted octanol–water partition coefficient (Wildman–Crippen LogP) is 4.65. The van der Waals surface area contributed by atoms with Crippen LogP contribution in [0.4, 0.5) is 0 Å². The molecular weight excluding hydrogens is 470 g/mol. The highest BCUT2D eigenvalue weighted by Crippen LogP contribution is 2.21. The molecule has 0 saturated carbocycles. The molecule has 0 aromatic heterocycles. The van der Waals surface area contributed by atoms with Crippen molar-refractivity contribution in [3.63, 3.8) is 0 Å². The third-order valence-corrected chi connectivity index (χ3v) is 7.46. The van der Waals surface area contributed by atoms with Crippen LogP contribution in [-0.4, -0.2) is 50.3 Å². The molecule has 1 aliphatic heterocycles. The summed E-state index contributed by atoms with van der Waals surface area (Å²) in [6.45, 7) is 8.67. The summed E-state index contributed by atoms with van der Waals surface area (Å²) in [5.41, 5.74) is 2.65. The Morgan fingerprint density at radius 1 is 0.889 bits per heavy atom. The maximum Gasteiger partial charge on any atom is 0.361 e. The lowest BCUT2D eigenvalue weighted by molar-refractivity contribution is -0.920. The van der Waals surface area contributed by atoms with E-state index in [-0.39, 0.29) is 18.4 Å². The van der Waals surface area contributed by atoms with E-state index in [9.17, 15) is 4.79 Å². The number of halogens is 1. The molecule has 0 amide bonds. The minimum atomic E-state index is -0.0102. The van der Waals surface area contributed by atoms with Crippen LogP contribution >= 0.6 is 0 Å². The third-order valence-electron chi connectivity index (χ3n) is 7.46. The highest BCUT2D eigenvalue weighted by atomic mass is 35.5. The Kier molecular flexibility index (Phi) is 17.7. The van der Waals surface area contributed by atoms with Gasteiger partial charge in [0.15, 0.2) is 6.54 Å². The average molecular weight is 522 g/mol. The Labute approximate surface area is 227 Å². The number of likely N-dealkylation sites (tertiary alicyclic amines) is 1. The number of rotatable bonds is 18. The number of nitrogens with zero attached hydrogens (tertiary/aromatic N) is 1. The van der Waals surface area contributed by atoms with Gasteiger partial charge in [-0.2, -0.15) is 0 Å². The number of unbranched alkanes of at least 4 members (excludes halogenated alkanes) is 9. The van der Waals surface area contributed by atoms with Gasteiger partial charge in [0.05, 0.1) is 33.4 Å². The Morgan fingerprint density at radius 3 is 2.06 bits per heavy atom. The molecule has 36 heavy (non-hydrogen) atoms. The summed E-state index contributed by atoms with van der Waals surface area (Å²) >= 11 is 0. The molecular formula is C31H52ClNO3. The number of piperidine rings is 1. The van der Waals surface area contributed by atoms with Crippen molar-refractivity contribution in [2.75, 3.05) is 39.9 Å². The first-order chi connectivity index (χ1) is 17.1. The highest BCUT2D eigenvalue weighted by Gasteiger charge is 2.32. The Morgan fingerprint density at radius 2 is 1.47 bits per heavy atom. The summed E-state index contributed by atoms with van der Waals surface area (Å²) in [6.07, 6.45) is 20.0. The maximum atomic E-state index is 12.7. The van der Waals surface area contributed by atoms with Crippen molar-refractivity contribution in [3.05, 3.63) is 41.5 Å². The number of carbonyl (C=O) groups excluding carboxylic acids is 1. The van der Waals surface area contributed by atoms with Crippen molar-refractivity contribution in [1.29, 1.82) is 0 Å². The van der Waals surface area contributed by atoms with Crippen LogP contribution in [0.25, 0.3) is 0 Å². The van der Waals surface area contributed by atoms with E-state index in [2.05, 4.69) is 32.1 Å². The fourth-order valence-corrected chi connectivity index (χ4v) is 5.17. The van der Waals surface area contributed by atoms with E-state index in [0.717, 1.165) is 42.7 Å². The second-order valence-corrected chi connectivity index (χ2v) is 10.7. The van der Waals surface area contributed by atoms with Crippen molar-refractivity contribution in [2.24, 2.45) is 0 Å². The molecule has 4 nitrogen and oxygen atoms in total. The molecule has 0 unspecified atom stereocenters. The first kappa shape index (κ1) is 32.5. The van der Waals surface area contributed by atoms with Gasteiger partial charge in [-0.25, -0.2) is 4.79 Å². The van der Waals surface area contributed by atoms with Gasteiger partial charge in [-0.15, -0.1) is 0 Å². The zero-order valence-corrected chi connectivity index (χ0v) is 24.1. The Hall–Kier alpha value is -1.52. The molecule has 5 heteroatoms. The standard InChI is InChI=1S/C31H52NO3.ClH/c1-4-5-6-7-8-9-10-11-12-16-25-35-31(33)27-32(22-14-13-15-23-32)24-21-28(2)26-29-17-19-30(34-3)20-18-29;/h17-21H,4-16,22-27H2,1-3H3;1H/q+1;/p-1/b28-21+;. The molecule has 0 aliphatic carbocycles. The molecule has 0 N–H and O–H groups in total. The third kappa shape index (κ3) is 13.7. The van der Waals surface area contributed by atoms with Crippen LogP contribution < -0.4 is 17.1 Å². The van der Waals surface area contributed by atoms with E-state index in [0.29, 0.717) is 13.2 Å². The van der Waals surface area contributed by atoms with Crippen LogP contribution in [0, 0.1) is 0 Å². The van der Waals surface area contributed by atoms with Gasteiger partial charge in [0, 0.05) is 0 Å². The van der Waals surface area contributed by atoms with E-state index in [1.165, 1.54) is 88.2 Å². The Balaban J connectivity index is 0.00000648. The first-order valence-electron chi connectivity index (χ1n) is 14.4. The van der Waals surface area contributed by atoms with Crippen molar-refractivity contribution < 1.29 is 31.2 Å². The van der Waals surface area contributed by atoms with Gasteiger partial charge >= 0.3 is 5.97 Å². The maximum absolute atomic E-state index is 12.7. The highest BCUT2D eigenvalue weighted by molar-refractivity contribution is 5.70. The van der Waals surface area contributed by atoms with E-state index in [1.807, 2.05) is 12.1 Å². The number of allylic oxidation sites excluding steroid dienone is 1. The lowest BCUT2D eigenvalue weighted by Gasteiger charge is -2.40. The molecule has 1 aromatic rings. The van der Waals surface area contributed by atoms with Gasteiger partial charge in [-0.3, -0.25) is 0 Å². The Bertz CT molecular complexity index is 726. The summed E-state index contributed by atoms with van der Waals surface area (Å²) in [4.78, 5) is 12.7. The number of methoxy groups -OCH3 is 1. The summed E-state index contributed by atoms with van der Waals surface area (Å²) in [5, 5.41) is 0. The number of ether oxygens (including phenoxy) is 2. The summed E-state index contributed by atoms with van der Waals surface area (Å²) in [5.74, 6) is 0.883. The van der Waals surface area contributed by atoms with Crippen molar-refractivity contribution in [1.82, 2.24) is 0 Å². The molecule has 1 fully saturated rings. The molecule has 0 spiro atoms. The van der Waals surface area contributed by atoms with Crippen LogP contribution in [-0.2, 0) is 16.0 Å². The number of hydrogen-bond donors (Lipinski definition) is 0. The van der Waals surface area contributed by atoms with Crippen LogP contribution in [0.5, 0.6) is 5.75 Å². The number of hydrogen-bond acceptors (Lipinski definition) is 3. The fraction of sp³-hybridized carbons (Fsp3) is 0.710. The minimum Gasteiger partial charge on any atom is -1.00 e. The number of benzene rings is 1.